The van der Waals surface area contributed by atoms with E-state index in [0.29, 0.717) is 5.71 Å². The molecule has 0 radical (unpaired) electrons. The van der Waals surface area contributed by atoms with Crippen molar-refractivity contribution in [2.24, 2.45) is 5.16 Å². The van der Waals surface area contributed by atoms with Gasteiger partial charge in [0.25, 0.3) is 0 Å². The minimum Gasteiger partial charge on any atom is -0.497 e. The summed E-state index contributed by atoms with van der Waals surface area (Å²) < 4.78 is 5.16. The van der Waals surface area contributed by atoms with Gasteiger partial charge in [0, 0.05) is 5.56 Å². The van der Waals surface area contributed by atoms with Gasteiger partial charge in [0.05, 0.1) is 12.0 Å². The summed E-state index contributed by atoms with van der Waals surface area (Å²) >= 11 is 1.56. The first-order valence-electron chi connectivity index (χ1n) is 5.17. The fourth-order valence-electron chi connectivity index (χ4n) is 1.62. The standard InChI is InChI=1S/C13H13NO2S/c1-9-6-7-17-13(9)12(14-15)10-4-3-5-11(8-10)16-2/h3-8,15H,1-2H3/b14-12-. The molecule has 2 aromatic rings. The summed E-state index contributed by atoms with van der Waals surface area (Å²) in [4.78, 5) is 0.973. The minimum absolute atomic E-state index is 0.580. The lowest BCUT2D eigenvalue weighted by Gasteiger charge is -2.06. The first kappa shape index (κ1) is 11.7. The van der Waals surface area contributed by atoms with Crippen molar-refractivity contribution in [3.05, 3.63) is 51.7 Å². The van der Waals surface area contributed by atoms with E-state index in [4.69, 9.17) is 4.74 Å². The number of ether oxygens (including phenoxy) is 1. The fraction of sp³-hybridized carbons (Fsp3) is 0.154. The number of benzene rings is 1. The molecule has 3 nitrogen and oxygen atoms in total. The van der Waals surface area contributed by atoms with Crippen LogP contribution in [0, 0.1) is 6.92 Å². The van der Waals surface area contributed by atoms with Crippen molar-refractivity contribution >= 4 is 17.0 Å². The molecule has 0 aliphatic heterocycles. The van der Waals surface area contributed by atoms with E-state index in [1.807, 2.05) is 42.6 Å². The van der Waals surface area contributed by atoms with Crippen LogP contribution in [-0.4, -0.2) is 18.0 Å². The van der Waals surface area contributed by atoms with Crippen LogP contribution in [0.3, 0.4) is 0 Å². The minimum atomic E-state index is 0.580. The highest BCUT2D eigenvalue weighted by Crippen LogP contribution is 2.22. The van der Waals surface area contributed by atoms with Crippen LogP contribution >= 0.6 is 11.3 Å². The maximum Gasteiger partial charge on any atom is 0.127 e. The normalized spacial score (nSPS) is 11.5. The molecule has 4 heteroatoms. The summed E-state index contributed by atoms with van der Waals surface area (Å²) in [6.45, 7) is 2.00. The summed E-state index contributed by atoms with van der Waals surface area (Å²) in [6, 6.07) is 9.50. The van der Waals surface area contributed by atoms with Gasteiger partial charge in [0.15, 0.2) is 0 Å². The van der Waals surface area contributed by atoms with E-state index in [1.54, 1.807) is 18.4 Å². The highest BCUT2D eigenvalue weighted by molar-refractivity contribution is 7.12. The van der Waals surface area contributed by atoms with Crippen LogP contribution in [0.1, 0.15) is 16.0 Å². The monoisotopic (exact) mass is 247 g/mol. The van der Waals surface area contributed by atoms with Crippen LogP contribution in [0.2, 0.25) is 0 Å². The smallest absolute Gasteiger partial charge is 0.127 e. The van der Waals surface area contributed by atoms with Crippen molar-refractivity contribution < 1.29 is 9.94 Å². The number of nitrogens with zero attached hydrogens (tertiary/aromatic N) is 1. The van der Waals surface area contributed by atoms with E-state index in [1.165, 1.54) is 0 Å². The van der Waals surface area contributed by atoms with Gasteiger partial charge in [-0.25, -0.2) is 0 Å². The molecule has 0 spiro atoms. The molecule has 2 rings (SSSR count). The summed E-state index contributed by atoms with van der Waals surface area (Å²) in [5, 5.41) is 14.6. The number of thiophene rings is 1. The van der Waals surface area contributed by atoms with Gasteiger partial charge in [0.2, 0.25) is 0 Å². The molecule has 17 heavy (non-hydrogen) atoms. The molecule has 0 atom stereocenters. The zero-order chi connectivity index (χ0) is 12.3. The van der Waals surface area contributed by atoms with Crippen LogP contribution in [0.25, 0.3) is 0 Å². The Bertz CT molecular complexity index is 546. The Balaban J connectivity index is 2.47. The summed E-state index contributed by atoms with van der Waals surface area (Å²) in [5.74, 6) is 0.748. The van der Waals surface area contributed by atoms with E-state index in [0.717, 1.165) is 21.8 Å². The summed E-state index contributed by atoms with van der Waals surface area (Å²) in [5.41, 5.74) is 2.53. The van der Waals surface area contributed by atoms with Gasteiger partial charge in [-0.1, -0.05) is 17.3 Å². The third-order valence-electron chi connectivity index (χ3n) is 2.52. The van der Waals surface area contributed by atoms with Crippen LogP contribution < -0.4 is 4.74 Å². The third-order valence-corrected chi connectivity index (χ3v) is 3.54. The van der Waals surface area contributed by atoms with Crippen LogP contribution in [-0.2, 0) is 0 Å². The number of hydrogen-bond donors (Lipinski definition) is 1. The van der Waals surface area contributed by atoms with Crippen molar-refractivity contribution in [3.63, 3.8) is 0 Å². The van der Waals surface area contributed by atoms with Crippen molar-refractivity contribution in [2.75, 3.05) is 7.11 Å². The lowest BCUT2D eigenvalue weighted by molar-refractivity contribution is 0.319. The van der Waals surface area contributed by atoms with E-state index in [-0.39, 0.29) is 0 Å². The number of aryl methyl sites for hydroxylation is 1. The Morgan fingerprint density at radius 2 is 2.18 bits per heavy atom. The fourth-order valence-corrected chi connectivity index (χ4v) is 2.55. The lowest BCUT2D eigenvalue weighted by atomic mass is 10.1. The first-order valence-corrected chi connectivity index (χ1v) is 6.05. The van der Waals surface area contributed by atoms with Gasteiger partial charge >= 0.3 is 0 Å². The molecule has 0 aliphatic rings. The van der Waals surface area contributed by atoms with Gasteiger partial charge in [-0.15, -0.1) is 11.3 Å². The summed E-state index contributed by atoms with van der Waals surface area (Å²) in [6.07, 6.45) is 0. The molecule has 0 unspecified atom stereocenters. The molecule has 0 saturated heterocycles. The van der Waals surface area contributed by atoms with Gasteiger partial charge in [-0.2, -0.15) is 0 Å². The topological polar surface area (TPSA) is 41.8 Å². The summed E-state index contributed by atoms with van der Waals surface area (Å²) in [7, 11) is 1.62. The second kappa shape index (κ2) is 5.01. The molecule has 88 valence electrons. The third kappa shape index (κ3) is 2.31. The van der Waals surface area contributed by atoms with Crippen molar-refractivity contribution in [1.82, 2.24) is 0 Å². The van der Waals surface area contributed by atoms with E-state index < -0.39 is 0 Å². The SMILES string of the molecule is COc1cccc(/C(=N/O)c2sccc2C)c1. The molecule has 0 saturated carbocycles. The maximum absolute atomic E-state index is 9.19. The molecule has 0 amide bonds. The predicted octanol–water partition coefficient (Wildman–Crippen LogP) is 3.29. The number of hydrogen-bond acceptors (Lipinski definition) is 4. The molecular weight excluding hydrogens is 234 g/mol. The Kier molecular flexibility index (Phi) is 3.44. The van der Waals surface area contributed by atoms with Crippen molar-refractivity contribution in [2.45, 2.75) is 6.92 Å². The van der Waals surface area contributed by atoms with E-state index in [2.05, 4.69) is 5.16 Å². The van der Waals surface area contributed by atoms with Crippen molar-refractivity contribution in [1.29, 1.82) is 0 Å². The molecule has 0 bridgehead atoms. The molecule has 1 aromatic heterocycles. The van der Waals surface area contributed by atoms with Crippen LogP contribution in [0.5, 0.6) is 5.75 Å². The largest absolute Gasteiger partial charge is 0.497 e. The second-order valence-electron chi connectivity index (χ2n) is 3.61. The first-order chi connectivity index (χ1) is 8.26. The van der Waals surface area contributed by atoms with Gasteiger partial charge < -0.3 is 9.94 Å². The molecular formula is C13H13NO2S. The quantitative estimate of drug-likeness (QED) is 0.513. The number of rotatable bonds is 3. The lowest BCUT2D eigenvalue weighted by Crippen LogP contribution is -2.02. The molecule has 0 aliphatic carbocycles. The highest BCUT2D eigenvalue weighted by Gasteiger charge is 2.12. The molecule has 1 heterocycles. The average Bonchev–Trinajstić information content (AvgIpc) is 2.77. The highest BCUT2D eigenvalue weighted by atomic mass is 32.1. The molecule has 1 N–H and O–H groups in total. The zero-order valence-corrected chi connectivity index (χ0v) is 10.5. The van der Waals surface area contributed by atoms with Crippen LogP contribution in [0.15, 0.2) is 40.9 Å². The van der Waals surface area contributed by atoms with Gasteiger partial charge in [-0.05, 0) is 36.1 Å². The van der Waals surface area contributed by atoms with E-state index >= 15 is 0 Å². The Morgan fingerprint density at radius 1 is 1.35 bits per heavy atom. The second-order valence-corrected chi connectivity index (χ2v) is 4.53. The van der Waals surface area contributed by atoms with Crippen LogP contribution in [0.4, 0.5) is 0 Å². The molecule has 1 aromatic carbocycles. The maximum atomic E-state index is 9.19. The van der Waals surface area contributed by atoms with E-state index in [9.17, 15) is 5.21 Å². The Hall–Kier alpha value is -1.81. The van der Waals surface area contributed by atoms with Gasteiger partial charge in [-0.3, -0.25) is 0 Å². The predicted molar refractivity (Wildman–Crippen MR) is 69.5 cm³/mol. The van der Waals surface area contributed by atoms with Gasteiger partial charge in [0.1, 0.15) is 11.5 Å². The number of methoxy groups -OCH3 is 1. The van der Waals surface area contributed by atoms with Crippen molar-refractivity contribution in [3.8, 4) is 5.75 Å². The molecule has 0 fully saturated rings. The average molecular weight is 247 g/mol. The number of oxime groups is 1. The Labute approximate surface area is 104 Å². The zero-order valence-electron chi connectivity index (χ0n) is 9.68. The Morgan fingerprint density at radius 3 is 2.76 bits per heavy atom.